The van der Waals surface area contributed by atoms with Crippen molar-refractivity contribution in [3.05, 3.63) is 12.4 Å². The van der Waals surface area contributed by atoms with Crippen LogP contribution in [0.25, 0.3) is 0 Å². The Morgan fingerprint density at radius 1 is 1.67 bits per heavy atom. The SMILES string of the molecule is CS(O)(O)N1C=CNC1. The van der Waals surface area contributed by atoms with Crippen molar-refractivity contribution in [2.24, 2.45) is 0 Å². The molecule has 1 heterocycles. The lowest BCUT2D eigenvalue weighted by atomic mass is 11.0. The highest BCUT2D eigenvalue weighted by Crippen LogP contribution is 2.38. The summed E-state index contributed by atoms with van der Waals surface area (Å²) in [5, 5.41) is 2.83. The molecule has 0 bridgehead atoms. The van der Waals surface area contributed by atoms with E-state index in [1.54, 1.807) is 12.4 Å². The normalized spacial score (nSPS) is 20.1. The predicted molar refractivity (Wildman–Crippen MR) is 37.8 cm³/mol. The van der Waals surface area contributed by atoms with E-state index >= 15 is 0 Å². The summed E-state index contributed by atoms with van der Waals surface area (Å²) in [4.78, 5) is 0. The molecule has 0 aliphatic carbocycles. The fraction of sp³-hybridized carbons (Fsp3) is 0.500. The molecule has 0 amide bonds. The molecule has 0 saturated heterocycles. The van der Waals surface area contributed by atoms with Crippen molar-refractivity contribution in [1.29, 1.82) is 0 Å². The van der Waals surface area contributed by atoms with Crippen LogP contribution in [-0.4, -0.2) is 26.3 Å². The maximum absolute atomic E-state index is 8.99. The summed E-state index contributed by atoms with van der Waals surface area (Å²) >= 11 is 0. The highest BCUT2D eigenvalue weighted by Gasteiger charge is 2.14. The lowest BCUT2D eigenvalue weighted by Crippen LogP contribution is -2.23. The minimum Gasteiger partial charge on any atom is -0.371 e. The maximum atomic E-state index is 8.99. The summed E-state index contributed by atoms with van der Waals surface area (Å²) in [5.74, 6) is 0. The van der Waals surface area contributed by atoms with Gasteiger partial charge in [-0.1, -0.05) is 0 Å². The first-order valence-electron chi connectivity index (χ1n) is 2.51. The average Bonchev–Trinajstić information content (AvgIpc) is 2.08. The minimum atomic E-state index is -2.52. The molecule has 54 valence electrons. The summed E-state index contributed by atoms with van der Waals surface area (Å²) in [7, 11) is -2.52. The van der Waals surface area contributed by atoms with Crippen molar-refractivity contribution in [2.75, 3.05) is 12.9 Å². The zero-order valence-electron chi connectivity index (χ0n) is 5.11. The molecule has 4 nitrogen and oxygen atoms in total. The van der Waals surface area contributed by atoms with E-state index in [1.165, 1.54) is 10.6 Å². The summed E-state index contributed by atoms with van der Waals surface area (Å²) < 4.78 is 19.4. The summed E-state index contributed by atoms with van der Waals surface area (Å²) in [6.45, 7) is 0.485. The van der Waals surface area contributed by atoms with Gasteiger partial charge in [0.2, 0.25) is 0 Å². The van der Waals surface area contributed by atoms with Crippen molar-refractivity contribution in [3.8, 4) is 0 Å². The number of nitrogens with zero attached hydrogens (tertiary/aromatic N) is 1. The van der Waals surface area contributed by atoms with Crippen molar-refractivity contribution in [3.63, 3.8) is 0 Å². The molecule has 1 rings (SSSR count). The van der Waals surface area contributed by atoms with Gasteiger partial charge in [-0.3, -0.25) is 13.4 Å². The molecular weight excluding hydrogens is 140 g/mol. The van der Waals surface area contributed by atoms with Crippen molar-refractivity contribution in [2.45, 2.75) is 0 Å². The van der Waals surface area contributed by atoms with Gasteiger partial charge in [-0.15, -0.1) is 10.8 Å². The van der Waals surface area contributed by atoms with Crippen LogP contribution in [-0.2, 0) is 0 Å². The zero-order valence-corrected chi connectivity index (χ0v) is 5.93. The second-order valence-electron chi connectivity index (χ2n) is 1.89. The van der Waals surface area contributed by atoms with Gasteiger partial charge in [-0.25, -0.2) is 0 Å². The molecule has 1 aliphatic rings. The van der Waals surface area contributed by atoms with E-state index in [2.05, 4.69) is 5.32 Å². The van der Waals surface area contributed by atoms with Crippen LogP contribution in [0.2, 0.25) is 0 Å². The van der Waals surface area contributed by atoms with Gasteiger partial charge >= 0.3 is 0 Å². The van der Waals surface area contributed by atoms with Crippen LogP contribution >= 0.6 is 10.8 Å². The van der Waals surface area contributed by atoms with Crippen molar-refractivity contribution >= 4 is 10.8 Å². The quantitative estimate of drug-likeness (QED) is 0.513. The Hall–Kier alpha value is -0.390. The maximum Gasteiger partial charge on any atom is 0.106 e. The Balaban J connectivity index is 2.53. The lowest BCUT2D eigenvalue weighted by Gasteiger charge is -2.35. The molecule has 9 heavy (non-hydrogen) atoms. The van der Waals surface area contributed by atoms with Crippen molar-refractivity contribution < 1.29 is 9.11 Å². The van der Waals surface area contributed by atoms with Gasteiger partial charge in [0.15, 0.2) is 0 Å². The van der Waals surface area contributed by atoms with Crippen LogP contribution in [0.5, 0.6) is 0 Å². The molecule has 0 unspecified atom stereocenters. The van der Waals surface area contributed by atoms with Crippen LogP contribution < -0.4 is 5.32 Å². The van der Waals surface area contributed by atoms with E-state index in [0.29, 0.717) is 6.67 Å². The fourth-order valence-corrected chi connectivity index (χ4v) is 1.18. The Morgan fingerprint density at radius 2 is 2.33 bits per heavy atom. The number of rotatable bonds is 1. The number of hydrogen-bond donors (Lipinski definition) is 3. The lowest BCUT2D eigenvalue weighted by molar-refractivity contribution is 0.415. The first-order chi connectivity index (χ1) is 4.11. The van der Waals surface area contributed by atoms with E-state index in [4.69, 9.17) is 9.11 Å². The summed E-state index contributed by atoms with van der Waals surface area (Å²) in [5.41, 5.74) is 0. The monoisotopic (exact) mass is 150 g/mol. The highest BCUT2D eigenvalue weighted by atomic mass is 32.3. The van der Waals surface area contributed by atoms with Crippen LogP contribution in [0.15, 0.2) is 12.4 Å². The molecule has 1 aliphatic heterocycles. The van der Waals surface area contributed by atoms with Crippen LogP contribution in [0.3, 0.4) is 0 Å². The van der Waals surface area contributed by atoms with Gasteiger partial charge in [0, 0.05) is 18.7 Å². The topological polar surface area (TPSA) is 55.7 Å². The van der Waals surface area contributed by atoms with Gasteiger partial charge < -0.3 is 5.32 Å². The largest absolute Gasteiger partial charge is 0.371 e. The molecule has 0 saturated carbocycles. The summed E-state index contributed by atoms with van der Waals surface area (Å²) in [6, 6.07) is 0. The molecular formula is C4H10N2O2S. The van der Waals surface area contributed by atoms with Gasteiger partial charge in [-0.2, -0.15) is 0 Å². The molecule has 5 heteroatoms. The molecule has 0 aromatic heterocycles. The standard InChI is InChI=1S/C4H10N2O2S/c1-9(7,8)6-3-2-5-4-6/h2-3,5,7-8H,4H2,1H3. The average molecular weight is 150 g/mol. The third-order valence-corrected chi connectivity index (χ3v) is 2.19. The fourth-order valence-electron chi connectivity index (χ4n) is 0.569. The first-order valence-corrected chi connectivity index (χ1v) is 4.42. The Morgan fingerprint density at radius 3 is 2.56 bits per heavy atom. The highest BCUT2D eigenvalue weighted by molar-refractivity contribution is 8.21. The van der Waals surface area contributed by atoms with Crippen LogP contribution in [0, 0.1) is 0 Å². The van der Waals surface area contributed by atoms with E-state index in [9.17, 15) is 0 Å². The van der Waals surface area contributed by atoms with Gasteiger partial charge in [-0.05, 0) is 0 Å². The van der Waals surface area contributed by atoms with E-state index in [-0.39, 0.29) is 0 Å². The van der Waals surface area contributed by atoms with Crippen LogP contribution in [0.1, 0.15) is 0 Å². The molecule has 0 fully saturated rings. The number of nitrogens with one attached hydrogen (secondary N) is 1. The van der Waals surface area contributed by atoms with Gasteiger partial charge in [0.1, 0.15) is 6.67 Å². The van der Waals surface area contributed by atoms with E-state index in [0.717, 1.165) is 0 Å². The smallest absolute Gasteiger partial charge is 0.106 e. The third-order valence-electron chi connectivity index (χ3n) is 1.05. The number of hydrogen-bond acceptors (Lipinski definition) is 4. The summed E-state index contributed by atoms with van der Waals surface area (Å²) in [6.07, 6.45) is 4.69. The second-order valence-corrected chi connectivity index (χ2v) is 3.94. The van der Waals surface area contributed by atoms with Gasteiger partial charge in [0.25, 0.3) is 0 Å². The Bertz CT molecular complexity index is 131. The molecule has 0 aromatic carbocycles. The third kappa shape index (κ3) is 1.51. The van der Waals surface area contributed by atoms with Gasteiger partial charge in [0.05, 0.1) is 0 Å². The van der Waals surface area contributed by atoms with E-state index < -0.39 is 10.8 Å². The first kappa shape index (κ1) is 6.73. The predicted octanol–water partition coefficient (Wildman–Crippen LogP) is 0.616. The van der Waals surface area contributed by atoms with E-state index in [1.807, 2.05) is 0 Å². The molecule has 0 spiro atoms. The molecule has 0 aromatic rings. The Labute approximate surface area is 55.6 Å². The Kier molecular flexibility index (Phi) is 1.56. The molecule has 3 N–H and O–H groups in total. The molecule has 0 atom stereocenters. The second kappa shape index (κ2) is 2.09. The zero-order chi connectivity index (χ0) is 6.91. The van der Waals surface area contributed by atoms with Crippen molar-refractivity contribution in [1.82, 2.24) is 9.62 Å². The van der Waals surface area contributed by atoms with Crippen LogP contribution in [0.4, 0.5) is 0 Å². The minimum absolute atomic E-state index is 0.485. The molecule has 0 radical (unpaired) electrons.